The fourth-order valence-corrected chi connectivity index (χ4v) is 2.37. The standard InChI is InChI=1S/C16H11N2.C5H9N2.F6P.Pt/c1-2-7-13(8-3-1)14-10-6-11-16(18-14)15-9-4-5-12-17-15;1-6-3-4-7(2)5-6;1-7(2,3,4,5)6;/h1-7,9-12H;3-5H,1-2H3;;/q3*-1;+4. The second kappa shape index (κ2) is 10.7. The molecular formula is C21H20F6N4PPt+. The fraction of sp³-hybridized carbons (Fsp3) is 0.0952. The molecule has 0 bridgehead atoms. The SMILES string of the molecule is CN1C=CN(C)[CH-]1.F[P-](F)(F)(F)(F)F.[Pt+4].[c-]1ccccc1-c1cccc(-c2ccccn2)n1. The number of nitrogens with zero attached hydrogens (tertiary/aromatic N) is 4. The normalized spacial score (nSPS) is 14.5. The minimum absolute atomic E-state index is 0. The van der Waals surface area contributed by atoms with Gasteiger partial charge in [-0.15, -0.1) is 35.9 Å². The van der Waals surface area contributed by atoms with Crippen LogP contribution in [0.15, 0.2) is 79.3 Å². The van der Waals surface area contributed by atoms with Gasteiger partial charge in [0.2, 0.25) is 0 Å². The van der Waals surface area contributed by atoms with Crippen molar-refractivity contribution < 1.29 is 46.2 Å². The van der Waals surface area contributed by atoms with Gasteiger partial charge < -0.3 is 9.80 Å². The van der Waals surface area contributed by atoms with E-state index in [1.807, 2.05) is 104 Å². The molecule has 0 radical (unpaired) electrons. The molecule has 3 aromatic rings. The summed E-state index contributed by atoms with van der Waals surface area (Å²) in [6.45, 7) is 2.00. The van der Waals surface area contributed by atoms with E-state index < -0.39 is 7.81 Å². The topological polar surface area (TPSA) is 32.3 Å². The van der Waals surface area contributed by atoms with Gasteiger partial charge in [0.05, 0.1) is 11.4 Å². The maximum atomic E-state index is 9.87. The zero-order valence-electron chi connectivity index (χ0n) is 17.4. The third kappa shape index (κ3) is 13.6. The van der Waals surface area contributed by atoms with Gasteiger partial charge in [-0.3, -0.25) is 9.97 Å². The van der Waals surface area contributed by atoms with Crippen LogP contribution in [0.2, 0.25) is 0 Å². The zero-order chi connectivity index (χ0) is 23.9. The van der Waals surface area contributed by atoms with E-state index in [0.717, 1.165) is 22.6 Å². The van der Waals surface area contributed by atoms with Crippen LogP contribution in [0, 0.1) is 12.7 Å². The van der Waals surface area contributed by atoms with Crippen molar-refractivity contribution in [3.63, 3.8) is 0 Å². The Morgan fingerprint density at radius 2 is 1.30 bits per heavy atom. The summed E-state index contributed by atoms with van der Waals surface area (Å²) >= 11 is 0. The van der Waals surface area contributed by atoms with Crippen LogP contribution in [-0.4, -0.2) is 33.9 Å². The van der Waals surface area contributed by atoms with Crippen molar-refractivity contribution in [1.82, 2.24) is 19.8 Å². The number of benzene rings is 1. The molecule has 33 heavy (non-hydrogen) atoms. The first-order valence-corrected chi connectivity index (χ1v) is 11.1. The first-order valence-electron chi connectivity index (χ1n) is 9.06. The van der Waals surface area contributed by atoms with Crippen LogP contribution < -0.4 is 0 Å². The molecule has 0 fully saturated rings. The average molecular weight is 668 g/mol. The molecule has 4 nitrogen and oxygen atoms in total. The number of aromatic nitrogens is 2. The van der Waals surface area contributed by atoms with Crippen molar-refractivity contribution >= 4 is 7.81 Å². The molecule has 2 aromatic heterocycles. The number of rotatable bonds is 2. The molecule has 0 atom stereocenters. The Morgan fingerprint density at radius 3 is 1.76 bits per heavy atom. The second-order valence-electron chi connectivity index (χ2n) is 6.60. The van der Waals surface area contributed by atoms with Gasteiger partial charge in [-0.1, -0.05) is 18.2 Å². The Hall–Kier alpha value is -2.44. The van der Waals surface area contributed by atoms with Gasteiger partial charge in [0.15, 0.2) is 0 Å². The van der Waals surface area contributed by atoms with E-state index in [1.54, 1.807) is 6.20 Å². The maximum absolute atomic E-state index is 10.7. The Bertz CT molecular complexity index is 959. The molecule has 0 spiro atoms. The van der Waals surface area contributed by atoms with Crippen molar-refractivity contribution in [1.29, 1.82) is 0 Å². The minimum Gasteiger partial charge on any atom is -0.295 e. The monoisotopic (exact) mass is 668 g/mol. The van der Waals surface area contributed by atoms with Crippen LogP contribution in [0.4, 0.5) is 25.2 Å². The van der Waals surface area contributed by atoms with E-state index in [2.05, 4.69) is 16.0 Å². The summed E-state index contributed by atoms with van der Waals surface area (Å²) < 4.78 is 59.2. The molecule has 0 amide bonds. The van der Waals surface area contributed by atoms with Crippen LogP contribution >= 0.6 is 7.81 Å². The van der Waals surface area contributed by atoms with Crippen LogP contribution in [0.3, 0.4) is 0 Å². The molecule has 0 saturated carbocycles. The summed E-state index contributed by atoms with van der Waals surface area (Å²) in [5.41, 5.74) is 3.68. The summed E-state index contributed by atoms with van der Waals surface area (Å²) in [6.07, 6.45) is 5.78. The van der Waals surface area contributed by atoms with Gasteiger partial charge in [0.25, 0.3) is 0 Å². The van der Waals surface area contributed by atoms with E-state index in [-0.39, 0.29) is 21.1 Å². The number of hydrogen-bond donors (Lipinski definition) is 0. The molecule has 0 N–H and O–H groups in total. The predicted molar refractivity (Wildman–Crippen MR) is 114 cm³/mol. The Kier molecular flexibility index (Phi) is 9.23. The first kappa shape index (κ1) is 28.6. The molecule has 12 heteroatoms. The Morgan fingerprint density at radius 1 is 0.758 bits per heavy atom. The smallest absolute Gasteiger partial charge is 0.295 e. The molecule has 1 aromatic carbocycles. The van der Waals surface area contributed by atoms with Crippen molar-refractivity contribution in [3.05, 3.63) is 92.0 Å². The van der Waals surface area contributed by atoms with E-state index >= 15 is 0 Å². The third-order valence-electron chi connectivity index (χ3n) is 3.56. The van der Waals surface area contributed by atoms with E-state index in [1.165, 1.54) is 0 Å². The zero-order valence-corrected chi connectivity index (χ0v) is 20.6. The Balaban J connectivity index is 0.000000302. The van der Waals surface area contributed by atoms with Gasteiger partial charge >= 0.3 is 54.1 Å². The van der Waals surface area contributed by atoms with Crippen LogP contribution in [0.1, 0.15) is 0 Å². The second-order valence-corrected chi connectivity index (χ2v) is 8.52. The van der Waals surface area contributed by atoms with Gasteiger partial charge in [-0.25, -0.2) is 0 Å². The molecule has 180 valence electrons. The van der Waals surface area contributed by atoms with Crippen LogP contribution in [0.25, 0.3) is 22.6 Å². The summed E-state index contributed by atoms with van der Waals surface area (Å²) in [4.78, 5) is 12.9. The van der Waals surface area contributed by atoms with Crippen LogP contribution in [-0.2, 0) is 21.1 Å². The Labute approximate surface area is 202 Å². The van der Waals surface area contributed by atoms with Crippen molar-refractivity contribution in [2.75, 3.05) is 14.1 Å². The van der Waals surface area contributed by atoms with Crippen molar-refractivity contribution in [3.8, 4) is 22.6 Å². The van der Waals surface area contributed by atoms with Gasteiger partial charge in [-0.2, -0.15) is 6.67 Å². The molecule has 4 rings (SSSR count). The van der Waals surface area contributed by atoms with Gasteiger partial charge in [0, 0.05) is 6.20 Å². The van der Waals surface area contributed by atoms with Crippen LogP contribution in [0.5, 0.6) is 0 Å². The summed E-state index contributed by atoms with van der Waals surface area (Å²) in [5, 5.41) is 0. The minimum atomic E-state index is -10.7. The van der Waals surface area contributed by atoms with Gasteiger partial charge in [-0.05, 0) is 50.4 Å². The first-order chi connectivity index (χ1) is 14.7. The quantitative estimate of drug-likeness (QED) is 0.162. The summed E-state index contributed by atoms with van der Waals surface area (Å²) in [7, 11) is -6.66. The third-order valence-corrected chi connectivity index (χ3v) is 3.56. The molecule has 0 aliphatic carbocycles. The molecule has 1 aliphatic rings. The van der Waals surface area contributed by atoms with E-state index in [4.69, 9.17) is 0 Å². The molecule has 0 unspecified atom stereocenters. The molecule has 3 heterocycles. The largest absolute Gasteiger partial charge is 4.00 e. The predicted octanol–water partition coefficient (Wildman–Crippen LogP) is 7.44. The molecule has 1 aliphatic heterocycles. The maximum Gasteiger partial charge on any atom is 4.00 e. The number of halogens is 6. The fourth-order valence-electron chi connectivity index (χ4n) is 2.37. The van der Waals surface area contributed by atoms with Crippen molar-refractivity contribution in [2.45, 2.75) is 0 Å². The van der Waals surface area contributed by atoms with E-state index in [0.29, 0.717) is 0 Å². The molecule has 0 saturated heterocycles. The van der Waals surface area contributed by atoms with Gasteiger partial charge in [0.1, 0.15) is 0 Å². The summed E-state index contributed by atoms with van der Waals surface area (Å²) in [6, 6.07) is 22.8. The summed E-state index contributed by atoms with van der Waals surface area (Å²) in [5.74, 6) is 0. The van der Waals surface area contributed by atoms with Crippen molar-refractivity contribution in [2.24, 2.45) is 0 Å². The average Bonchev–Trinajstić information content (AvgIpc) is 3.10. The van der Waals surface area contributed by atoms with E-state index in [9.17, 15) is 25.2 Å². The molecular weight excluding hydrogens is 648 g/mol. The number of hydrogen-bond acceptors (Lipinski definition) is 4. The number of pyridine rings is 2.